The number of nitrogens with zero attached hydrogens (tertiary/aromatic N) is 3. The Morgan fingerprint density at radius 3 is 2.48 bits per heavy atom. The van der Waals surface area contributed by atoms with Gasteiger partial charge in [-0.2, -0.15) is 4.98 Å². The van der Waals surface area contributed by atoms with Crippen molar-refractivity contribution in [1.82, 2.24) is 14.9 Å². The van der Waals surface area contributed by atoms with Gasteiger partial charge in [-0.3, -0.25) is 9.69 Å². The Morgan fingerprint density at radius 2 is 1.84 bits per heavy atom. The van der Waals surface area contributed by atoms with Gasteiger partial charge in [0, 0.05) is 25.2 Å². The number of nitrogens with two attached hydrogens (primary N) is 1. The zero-order valence-electron chi connectivity index (χ0n) is 13.7. The third-order valence-corrected chi connectivity index (χ3v) is 4.13. The summed E-state index contributed by atoms with van der Waals surface area (Å²) in [6, 6.07) is 7.52. The summed E-state index contributed by atoms with van der Waals surface area (Å²) in [4.78, 5) is 21.4. The molecule has 1 aromatic carbocycles. The van der Waals surface area contributed by atoms with E-state index in [0.29, 0.717) is 5.56 Å². The Balaban J connectivity index is 1.72. The van der Waals surface area contributed by atoms with Crippen LogP contribution in [-0.4, -0.2) is 63.8 Å². The molecule has 2 aromatic rings. The second-order valence-electron chi connectivity index (χ2n) is 5.83. The highest BCUT2D eigenvalue weighted by Gasteiger charge is 2.18. The quantitative estimate of drug-likeness (QED) is 0.723. The maximum absolute atomic E-state index is 11.3. The topological polar surface area (TPSA) is 122 Å². The van der Waals surface area contributed by atoms with Crippen molar-refractivity contribution in [3.05, 3.63) is 35.5 Å². The molecule has 0 bridgehead atoms. The van der Waals surface area contributed by atoms with Gasteiger partial charge in [0.1, 0.15) is 0 Å². The second-order valence-corrected chi connectivity index (χ2v) is 5.83. The number of hydrogen-bond donors (Lipinski definition) is 3. The van der Waals surface area contributed by atoms with Gasteiger partial charge in [0.2, 0.25) is 5.75 Å². The van der Waals surface area contributed by atoms with Crippen LogP contribution in [0.15, 0.2) is 24.3 Å². The van der Waals surface area contributed by atoms with Gasteiger partial charge in [0.15, 0.2) is 11.5 Å². The number of primary amides is 1. The average Bonchev–Trinajstić information content (AvgIpc) is 2.63. The summed E-state index contributed by atoms with van der Waals surface area (Å²) in [5.41, 5.74) is 6.53. The van der Waals surface area contributed by atoms with Crippen LogP contribution in [-0.2, 0) is 11.2 Å². The van der Waals surface area contributed by atoms with Crippen LogP contribution in [0.2, 0.25) is 0 Å². The molecule has 0 atom stereocenters. The van der Waals surface area contributed by atoms with Crippen LogP contribution in [0.5, 0.6) is 11.6 Å². The highest BCUT2D eigenvalue weighted by Crippen LogP contribution is 2.28. The maximum Gasteiger partial charge on any atom is 0.271 e. The SMILES string of the molecule is NC(=O)c1nc(-c2ccc(CCN3CCOCC3)cc2)nc(O)c1O. The zero-order valence-corrected chi connectivity index (χ0v) is 13.7. The summed E-state index contributed by atoms with van der Waals surface area (Å²) in [6.45, 7) is 4.43. The predicted molar refractivity (Wildman–Crippen MR) is 90.3 cm³/mol. The van der Waals surface area contributed by atoms with Crippen molar-refractivity contribution in [2.45, 2.75) is 6.42 Å². The minimum Gasteiger partial charge on any atom is -0.501 e. The Bertz CT molecular complexity index is 758. The van der Waals surface area contributed by atoms with E-state index in [4.69, 9.17) is 10.5 Å². The van der Waals surface area contributed by atoms with Crippen molar-refractivity contribution in [1.29, 1.82) is 0 Å². The fourth-order valence-electron chi connectivity index (χ4n) is 2.68. The number of rotatable bonds is 5. The normalized spacial score (nSPS) is 15.2. The van der Waals surface area contributed by atoms with Gasteiger partial charge in [0.05, 0.1) is 13.2 Å². The van der Waals surface area contributed by atoms with Gasteiger partial charge in [-0.15, -0.1) is 0 Å². The van der Waals surface area contributed by atoms with Gasteiger partial charge in [-0.1, -0.05) is 24.3 Å². The van der Waals surface area contributed by atoms with E-state index in [1.54, 1.807) is 0 Å². The van der Waals surface area contributed by atoms with Crippen molar-refractivity contribution < 1.29 is 19.7 Å². The van der Waals surface area contributed by atoms with Crippen molar-refractivity contribution >= 4 is 5.91 Å². The van der Waals surface area contributed by atoms with Gasteiger partial charge < -0.3 is 20.7 Å². The van der Waals surface area contributed by atoms with Crippen LogP contribution in [0.1, 0.15) is 16.1 Å². The fraction of sp³-hybridized carbons (Fsp3) is 0.353. The first-order valence-corrected chi connectivity index (χ1v) is 8.04. The number of morpholine rings is 1. The molecular formula is C17H20N4O4. The lowest BCUT2D eigenvalue weighted by atomic mass is 10.1. The molecule has 0 saturated carbocycles. The molecule has 0 unspecified atom stereocenters. The number of carbonyl (C=O) groups excluding carboxylic acids is 1. The monoisotopic (exact) mass is 344 g/mol. The Hall–Kier alpha value is -2.71. The highest BCUT2D eigenvalue weighted by molar-refractivity contribution is 5.94. The molecule has 1 aliphatic heterocycles. The molecule has 1 aliphatic rings. The van der Waals surface area contributed by atoms with Gasteiger partial charge in [-0.25, -0.2) is 4.98 Å². The molecule has 3 rings (SSSR count). The molecule has 8 heteroatoms. The zero-order chi connectivity index (χ0) is 17.8. The Labute approximate surface area is 144 Å². The average molecular weight is 344 g/mol. The minimum absolute atomic E-state index is 0.129. The standard InChI is InChI=1S/C17H20N4O4/c18-15(23)13-14(22)17(24)20-16(19-13)12-3-1-11(2-4-12)5-6-21-7-9-25-10-8-21/h1-4,22H,5-10H2,(H2,18,23)(H,19,20,24). The van der Waals surface area contributed by atoms with E-state index < -0.39 is 23.2 Å². The smallest absolute Gasteiger partial charge is 0.271 e. The number of benzene rings is 1. The number of carbonyl (C=O) groups is 1. The first kappa shape index (κ1) is 17.1. The molecule has 1 saturated heterocycles. The van der Waals surface area contributed by atoms with E-state index in [1.165, 1.54) is 0 Å². The number of amides is 1. The number of aromatic nitrogens is 2. The molecule has 8 nitrogen and oxygen atoms in total. The molecule has 4 N–H and O–H groups in total. The summed E-state index contributed by atoms with van der Waals surface area (Å²) in [5.74, 6) is -2.18. The minimum atomic E-state index is -0.932. The van der Waals surface area contributed by atoms with Crippen molar-refractivity contribution in [2.75, 3.05) is 32.8 Å². The van der Waals surface area contributed by atoms with Crippen LogP contribution < -0.4 is 5.73 Å². The molecular weight excluding hydrogens is 324 g/mol. The second kappa shape index (κ2) is 7.45. The highest BCUT2D eigenvalue weighted by atomic mass is 16.5. The first-order valence-electron chi connectivity index (χ1n) is 8.04. The number of aromatic hydroxyl groups is 2. The molecule has 1 aromatic heterocycles. The molecule has 132 valence electrons. The molecule has 0 aliphatic carbocycles. The van der Waals surface area contributed by atoms with Crippen LogP contribution in [0.3, 0.4) is 0 Å². The largest absolute Gasteiger partial charge is 0.501 e. The molecule has 1 amide bonds. The lowest BCUT2D eigenvalue weighted by molar-refractivity contribution is 0.0384. The lowest BCUT2D eigenvalue weighted by Crippen LogP contribution is -2.37. The summed E-state index contributed by atoms with van der Waals surface area (Å²) >= 11 is 0. The van der Waals surface area contributed by atoms with Gasteiger partial charge in [0.25, 0.3) is 11.8 Å². The predicted octanol–water partition coefficient (Wildman–Crippen LogP) is 0.528. The fourth-order valence-corrected chi connectivity index (χ4v) is 2.68. The van der Waals surface area contributed by atoms with Crippen molar-refractivity contribution in [3.8, 4) is 23.0 Å². The van der Waals surface area contributed by atoms with Crippen LogP contribution in [0.25, 0.3) is 11.4 Å². The summed E-state index contributed by atoms with van der Waals surface area (Å²) in [7, 11) is 0. The van der Waals surface area contributed by atoms with Crippen LogP contribution in [0, 0.1) is 0 Å². The van der Waals surface area contributed by atoms with E-state index >= 15 is 0 Å². The van der Waals surface area contributed by atoms with E-state index in [-0.39, 0.29) is 5.82 Å². The first-order chi connectivity index (χ1) is 12.0. The van der Waals surface area contributed by atoms with Crippen molar-refractivity contribution in [3.63, 3.8) is 0 Å². The van der Waals surface area contributed by atoms with E-state index in [2.05, 4.69) is 14.9 Å². The van der Waals surface area contributed by atoms with Gasteiger partial charge in [-0.05, 0) is 12.0 Å². The van der Waals surface area contributed by atoms with E-state index in [0.717, 1.165) is 44.8 Å². The number of hydrogen-bond acceptors (Lipinski definition) is 7. The van der Waals surface area contributed by atoms with Crippen LogP contribution in [0.4, 0.5) is 0 Å². The van der Waals surface area contributed by atoms with Crippen molar-refractivity contribution in [2.24, 2.45) is 5.73 Å². The number of ether oxygens (including phenoxy) is 1. The molecule has 2 heterocycles. The van der Waals surface area contributed by atoms with E-state index in [9.17, 15) is 15.0 Å². The molecule has 25 heavy (non-hydrogen) atoms. The summed E-state index contributed by atoms with van der Waals surface area (Å²) in [5, 5.41) is 19.2. The Kier molecular flexibility index (Phi) is 5.11. The van der Waals surface area contributed by atoms with Crippen LogP contribution >= 0.6 is 0 Å². The molecule has 0 spiro atoms. The lowest BCUT2D eigenvalue weighted by Gasteiger charge is -2.26. The van der Waals surface area contributed by atoms with E-state index in [1.807, 2.05) is 24.3 Å². The Morgan fingerprint density at radius 1 is 1.16 bits per heavy atom. The van der Waals surface area contributed by atoms with Gasteiger partial charge >= 0.3 is 0 Å². The molecule has 1 fully saturated rings. The maximum atomic E-state index is 11.3. The summed E-state index contributed by atoms with van der Waals surface area (Å²) in [6.07, 6.45) is 0.911. The summed E-state index contributed by atoms with van der Waals surface area (Å²) < 4.78 is 5.33. The molecule has 0 radical (unpaired) electrons. The third-order valence-electron chi connectivity index (χ3n) is 4.13. The third kappa shape index (κ3) is 4.04.